The Morgan fingerprint density at radius 2 is 1.88 bits per heavy atom. The van der Waals surface area contributed by atoms with Crippen molar-refractivity contribution in [2.45, 2.75) is 12.8 Å². The van der Waals surface area contributed by atoms with E-state index in [1.54, 1.807) is 24.3 Å². The van der Waals surface area contributed by atoms with Gasteiger partial charge in [0.15, 0.2) is 0 Å². The smallest absolute Gasteiger partial charge is 0.376 e. The molecule has 16 heavy (non-hydrogen) atoms. The molecule has 4 nitrogen and oxygen atoms in total. The minimum absolute atomic E-state index is 0.0871. The first-order valence-electron chi connectivity index (χ1n) is 4.93. The molecular formula is C11H10ClNO3. The van der Waals surface area contributed by atoms with Gasteiger partial charge in [0.05, 0.1) is 5.92 Å². The average Bonchev–Trinajstić information content (AvgIpc) is 3.04. The normalized spacial score (nSPS) is 14.3. The molecule has 84 valence electrons. The molecule has 1 fully saturated rings. The predicted octanol–water partition coefficient (Wildman–Crippen LogP) is 2.83. The van der Waals surface area contributed by atoms with Crippen LogP contribution in [0.25, 0.3) is 0 Å². The molecule has 5 heteroatoms. The first kappa shape index (κ1) is 11.0. The van der Waals surface area contributed by atoms with Crippen LogP contribution in [0.2, 0.25) is 5.02 Å². The van der Waals surface area contributed by atoms with Gasteiger partial charge in [-0.15, -0.1) is 0 Å². The molecule has 0 atom stereocenters. The number of hydrogen-bond donors (Lipinski definition) is 1. The maximum atomic E-state index is 11.3. The van der Waals surface area contributed by atoms with Crippen molar-refractivity contribution < 1.29 is 14.3 Å². The number of carbonyl (C=O) groups excluding carboxylic acids is 2. The van der Waals surface area contributed by atoms with Crippen LogP contribution in [0.3, 0.4) is 0 Å². The van der Waals surface area contributed by atoms with E-state index in [1.807, 2.05) is 0 Å². The van der Waals surface area contributed by atoms with Crippen molar-refractivity contribution >= 4 is 29.4 Å². The Balaban J connectivity index is 1.86. The van der Waals surface area contributed by atoms with Crippen LogP contribution in [-0.4, -0.2) is 12.1 Å². The Labute approximate surface area is 97.5 Å². The van der Waals surface area contributed by atoms with Gasteiger partial charge in [0.1, 0.15) is 0 Å². The molecule has 0 unspecified atom stereocenters. The van der Waals surface area contributed by atoms with E-state index in [2.05, 4.69) is 10.1 Å². The summed E-state index contributed by atoms with van der Waals surface area (Å²) in [6.45, 7) is 0. The number of esters is 1. The number of hydrogen-bond acceptors (Lipinski definition) is 3. The molecule has 1 aromatic carbocycles. The van der Waals surface area contributed by atoms with Crippen LogP contribution in [-0.2, 0) is 9.53 Å². The zero-order valence-electron chi connectivity index (χ0n) is 8.40. The van der Waals surface area contributed by atoms with Gasteiger partial charge in [0.25, 0.3) is 0 Å². The molecule has 0 aliphatic heterocycles. The third kappa shape index (κ3) is 2.97. The molecule has 1 amide bonds. The molecular weight excluding hydrogens is 230 g/mol. The molecule has 0 spiro atoms. The number of anilines is 1. The second-order valence-electron chi connectivity index (χ2n) is 3.61. The Hall–Kier alpha value is -1.55. The molecule has 1 aliphatic carbocycles. The summed E-state index contributed by atoms with van der Waals surface area (Å²) in [6, 6.07) is 6.54. The average molecular weight is 240 g/mol. The van der Waals surface area contributed by atoms with E-state index in [-0.39, 0.29) is 5.92 Å². The van der Waals surface area contributed by atoms with Crippen LogP contribution in [0.1, 0.15) is 12.8 Å². The lowest BCUT2D eigenvalue weighted by Gasteiger charge is -2.04. The second-order valence-corrected chi connectivity index (χ2v) is 4.05. The number of amides is 1. The quantitative estimate of drug-likeness (QED) is 0.638. The van der Waals surface area contributed by atoms with E-state index in [1.165, 1.54) is 0 Å². The maximum absolute atomic E-state index is 11.3. The highest BCUT2D eigenvalue weighted by molar-refractivity contribution is 6.30. The van der Waals surface area contributed by atoms with Crippen LogP contribution in [0.4, 0.5) is 10.5 Å². The summed E-state index contributed by atoms with van der Waals surface area (Å²) in [6.07, 6.45) is 0.874. The second kappa shape index (κ2) is 4.53. The van der Waals surface area contributed by atoms with Gasteiger partial charge in [-0.2, -0.15) is 0 Å². The topological polar surface area (TPSA) is 55.4 Å². The highest BCUT2D eigenvalue weighted by atomic mass is 35.5. The maximum Gasteiger partial charge on any atom is 0.419 e. The molecule has 2 rings (SSSR count). The summed E-state index contributed by atoms with van der Waals surface area (Å²) in [5.41, 5.74) is 0.540. The largest absolute Gasteiger partial charge is 0.419 e. The van der Waals surface area contributed by atoms with Gasteiger partial charge in [-0.25, -0.2) is 4.79 Å². The lowest BCUT2D eigenvalue weighted by molar-refractivity contribution is -0.138. The SMILES string of the molecule is O=C(Nc1ccc(Cl)cc1)OC(=O)C1CC1. The van der Waals surface area contributed by atoms with Gasteiger partial charge < -0.3 is 4.74 Å². The van der Waals surface area contributed by atoms with E-state index in [4.69, 9.17) is 11.6 Å². The van der Waals surface area contributed by atoms with Gasteiger partial charge in [0, 0.05) is 10.7 Å². The monoisotopic (exact) mass is 239 g/mol. The minimum atomic E-state index is -0.751. The third-order valence-corrected chi connectivity index (χ3v) is 2.45. The van der Waals surface area contributed by atoms with Crippen molar-refractivity contribution in [3.63, 3.8) is 0 Å². The van der Waals surface area contributed by atoms with E-state index >= 15 is 0 Å². The number of rotatable bonds is 2. The summed E-state index contributed by atoms with van der Waals surface area (Å²) in [4.78, 5) is 22.4. The molecule has 0 aromatic heterocycles. The number of ether oxygens (including phenoxy) is 1. The molecule has 0 bridgehead atoms. The Bertz CT molecular complexity index is 412. The van der Waals surface area contributed by atoms with Crippen molar-refractivity contribution in [3.05, 3.63) is 29.3 Å². The summed E-state index contributed by atoms with van der Waals surface area (Å²) < 4.78 is 4.59. The Kier molecular flexibility index (Phi) is 3.10. The Morgan fingerprint density at radius 1 is 1.25 bits per heavy atom. The molecule has 1 aliphatic rings. The van der Waals surface area contributed by atoms with Crippen LogP contribution in [0.5, 0.6) is 0 Å². The summed E-state index contributed by atoms with van der Waals surface area (Å²) in [5, 5.41) is 3.02. The first-order valence-corrected chi connectivity index (χ1v) is 5.31. The Morgan fingerprint density at radius 3 is 2.44 bits per heavy atom. The van der Waals surface area contributed by atoms with E-state index in [0.29, 0.717) is 10.7 Å². The highest BCUT2D eigenvalue weighted by Crippen LogP contribution is 2.30. The standard InChI is InChI=1S/C11H10ClNO3/c12-8-3-5-9(6-4-8)13-11(15)16-10(14)7-1-2-7/h3-7H,1-2H2,(H,13,15). The molecule has 1 saturated carbocycles. The lowest BCUT2D eigenvalue weighted by atomic mass is 10.3. The van der Waals surface area contributed by atoms with E-state index in [0.717, 1.165) is 12.8 Å². The van der Waals surface area contributed by atoms with Crippen molar-refractivity contribution in [1.82, 2.24) is 0 Å². The van der Waals surface area contributed by atoms with Crippen molar-refractivity contribution in [3.8, 4) is 0 Å². The zero-order chi connectivity index (χ0) is 11.5. The third-order valence-electron chi connectivity index (χ3n) is 2.19. The van der Waals surface area contributed by atoms with E-state index < -0.39 is 12.1 Å². The van der Waals surface area contributed by atoms with Gasteiger partial charge >= 0.3 is 12.1 Å². The van der Waals surface area contributed by atoms with Crippen LogP contribution in [0, 0.1) is 5.92 Å². The summed E-state index contributed by atoms with van der Waals surface area (Å²) in [5.74, 6) is -0.539. The molecule has 1 aromatic rings. The molecule has 0 radical (unpaired) electrons. The van der Waals surface area contributed by atoms with Crippen molar-refractivity contribution in [2.75, 3.05) is 5.32 Å². The fraction of sp³-hybridized carbons (Fsp3) is 0.273. The summed E-state index contributed by atoms with van der Waals surface area (Å²) >= 11 is 5.68. The van der Waals surface area contributed by atoms with Gasteiger partial charge in [-0.1, -0.05) is 11.6 Å². The van der Waals surface area contributed by atoms with Gasteiger partial charge in [-0.3, -0.25) is 10.1 Å². The molecule has 0 heterocycles. The highest BCUT2D eigenvalue weighted by Gasteiger charge is 2.32. The number of carbonyl (C=O) groups is 2. The molecule has 0 saturated heterocycles. The predicted molar refractivity (Wildman–Crippen MR) is 59.3 cm³/mol. The number of halogens is 1. The van der Waals surface area contributed by atoms with Crippen molar-refractivity contribution in [1.29, 1.82) is 0 Å². The summed E-state index contributed by atoms with van der Waals surface area (Å²) in [7, 11) is 0. The first-order chi connectivity index (χ1) is 7.65. The van der Waals surface area contributed by atoms with Crippen molar-refractivity contribution in [2.24, 2.45) is 5.92 Å². The van der Waals surface area contributed by atoms with Gasteiger partial charge in [-0.05, 0) is 37.1 Å². The lowest BCUT2D eigenvalue weighted by Crippen LogP contribution is -2.19. The van der Waals surface area contributed by atoms with E-state index in [9.17, 15) is 9.59 Å². The fourth-order valence-corrected chi connectivity index (χ4v) is 1.30. The molecule has 1 N–H and O–H groups in total. The zero-order valence-corrected chi connectivity index (χ0v) is 9.16. The fourth-order valence-electron chi connectivity index (χ4n) is 1.17. The van der Waals surface area contributed by atoms with Crippen LogP contribution < -0.4 is 5.32 Å². The van der Waals surface area contributed by atoms with Crippen LogP contribution in [0.15, 0.2) is 24.3 Å². The number of benzene rings is 1. The van der Waals surface area contributed by atoms with Crippen LogP contribution >= 0.6 is 11.6 Å². The number of nitrogens with one attached hydrogen (secondary N) is 1. The minimum Gasteiger partial charge on any atom is -0.376 e. The van der Waals surface area contributed by atoms with Gasteiger partial charge in [0.2, 0.25) is 0 Å².